The fourth-order valence-corrected chi connectivity index (χ4v) is 5.45. The Morgan fingerprint density at radius 1 is 1.27 bits per heavy atom. The zero-order chi connectivity index (χ0) is 22.0. The van der Waals surface area contributed by atoms with Gasteiger partial charge in [0.15, 0.2) is 16.6 Å². The van der Waals surface area contributed by atoms with Crippen LogP contribution in [0.15, 0.2) is 40.4 Å². The van der Waals surface area contributed by atoms with Crippen molar-refractivity contribution in [3.63, 3.8) is 0 Å². The Morgan fingerprint density at radius 3 is 2.57 bits per heavy atom. The summed E-state index contributed by atoms with van der Waals surface area (Å²) in [5.41, 5.74) is -1.87. The van der Waals surface area contributed by atoms with Crippen molar-refractivity contribution in [3.8, 4) is 0 Å². The van der Waals surface area contributed by atoms with Gasteiger partial charge in [-0.1, -0.05) is 6.07 Å². The highest BCUT2D eigenvalue weighted by Crippen LogP contribution is 2.42. The Labute approximate surface area is 171 Å². The molecule has 2 N–H and O–H groups in total. The van der Waals surface area contributed by atoms with Crippen molar-refractivity contribution in [2.45, 2.75) is 11.1 Å². The second-order valence-corrected chi connectivity index (χ2v) is 9.23. The van der Waals surface area contributed by atoms with Crippen LogP contribution in [0.3, 0.4) is 0 Å². The van der Waals surface area contributed by atoms with Crippen molar-refractivity contribution in [1.82, 2.24) is 13.9 Å². The van der Waals surface area contributed by atoms with E-state index in [1.54, 1.807) is 5.38 Å². The summed E-state index contributed by atoms with van der Waals surface area (Å²) in [6.45, 7) is 0. The zero-order valence-electron chi connectivity index (χ0n) is 15.4. The topological polar surface area (TPSA) is 105 Å². The number of amides is 1. The summed E-state index contributed by atoms with van der Waals surface area (Å²) in [4.78, 5) is 16.2. The van der Waals surface area contributed by atoms with E-state index in [2.05, 4.69) is 10.3 Å². The number of thiazole rings is 1. The molecule has 0 saturated heterocycles. The summed E-state index contributed by atoms with van der Waals surface area (Å²) < 4.78 is 67.3. The minimum Gasteiger partial charge on any atom is -0.504 e. The maximum absolute atomic E-state index is 13.1. The monoisotopic (exact) mass is 458 g/mol. The lowest BCUT2D eigenvalue weighted by Crippen LogP contribution is -2.37. The SMILES string of the molecule is CN1C(C(=O)Nc2nccs2)=C(O)c2c(c3ccc(C(F)(F)F)cc3n2C)S1(=O)=O. The van der Waals surface area contributed by atoms with Gasteiger partial charge in [-0.2, -0.15) is 13.2 Å². The lowest BCUT2D eigenvalue weighted by atomic mass is 10.1. The first-order valence-electron chi connectivity index (χ1n) is 8.27. The van der Waals surface area contributed by atoms with Gasteiger partial charge in [0.05, 0.1) is 11.1 Å². The summed E-state index contributed by atoms with van der Waals surface area (Å²) in [7, 11) is -1.95. The Bertz CT molecular complexity index is 1330. The Hall–Kier alpha value is -3.06. The average Bonchev–Trinajstić information content (AvgIpc) is 3.26. The zero-order valence-corrected chi connectivity index (χ0v) is 17.0. The number of anilines is 1. The van der Waals surface area contributed by atoms with Crippen LogP contribution in [0.25, 0.3) is 16.7 Å². The maximum atomic E-state index is 13.1. The molecule has 0 aliphatic carbocycles. The second kappa shape index (κ2) is 6.47. The van der Waals surface area contributed by atoms with Gasteiger partial charge in [0.2, 0.25) is 0 Å². The molecule has 0 saturated carbocycles. The van der Waals surface area contributed by atoms with E-state index < -0.39 is 39.1 Å². The first-order chi connectivity index (χ1) is 13.9. The van der Waals surface area contributed by atoms with Crippen LogP contribution in [0.4, 0.5) is 18.3 Å². The Kier molecular flexibility index (Phi) is 4.36. The molecular weight excluding hydrogens is 445 g/mol. The molecule has 0 atom stereocenters. The first-order valence-corrected chi connectivity index (χ1v) is 10.6. The van der Waals surface area contributed by atoms with Gasteiger partial charge in [-0.05, 0) is 12.1 Å². The molecule has 0 unspecified atom stereocenters. The largest absolute Gasteiger partial charge is 0.504 e. The molecule has 1 aromatic carbocycles. The highest BCUT2D eigenvalue weighted by Gasteiger charge is 2.42. The molecule has 4 rings (SSSR count). The van der Waals surface area contributed by atoms with Gasteiger partial charge in [-0.25, -0.2) is 13.4 Å². The minimum atomic E-state index is -4.63. The number of fused-ring (bicyclic) bond motifs is 3. The number of sulfonamides is 1. The van der Waals surface area contributed by atoms with Crippen LogP contribution in [0.2, 0.25) is 0 Å². The molecule has 30 heavy (non-hydrogen) atoms. The molecule has 2 aromatic heterocycles. The molecule has 3 aromatic rings. The van der Waals surface area contributed by atoms with Crippen LogP contribution in [0.1, 0.15) is 11.3 Å². The van der Waals surface area contributed by atoms with E-state index in [0.29, 0.717) is 4.31 Å². The van der Waals surface area contributed by atoms with Crippen molar-refractivity contribution >= 4 is 49.1 Å². The van der Waals surface area contributed by atoms with Gasteiger partial charge in [0.25, 0.3) is 15.9 Å². The molecule has 13 heteroatoms. The van der Waals surface area contributed by atoms with Crippen LogP contribution in [0.5, 0.6) is 0 Å². The highest BCUT2D eigenvalue weighted by atomic mass is 32.2. The van der Waals surface area contributed by atoms with Crippen molar-refractivity contribution < 1.29 is 31.5 Å². The molecular formula is C17H13F3N4O4S2. The van der Waals surface area contributed by atoms with Crippen LogP contribution in [-0.2, 0) is 28.0 Å². The number of aryl methyl sites for hydroxylation is 1. The Morgan fingerprint density at radius 2 is 1.97 bits per heavy atom. The number of nitrogens with one attached hydrogen (secondary N) is 1. The fourth-order valence-electron chi connectivity index (χ4n) is 3.32. The van der Waals surface area contributed by atoms with Crippen molar-refractivity contribution in [1.29, 1.82) is 0 Å². The predicted molar refractivity (Wildman–Crippen MR) is 103 cm³/mol. The third-order valence-corrected chi connectivity index (χ3v) is 7.25. The van der Waals surface area contributed by atoms with Crippen LogP contribution in [0, 0.1) is 0 Å². The number of hydrogen-bond donors (Lipinski definition) is 2. The molecule has 8 nitrogen and oxygen atoms in total. The van der Waals surface area contributed by atoms with E-state index in [0.717, 1.165) is 41.2 Å². The van der Waals surface area contributed by atoms with E-state index in [-0.39, 0.29) is 26.6 Å². The van der Waals surface area contributed by atoms with E-state index in [4.69, 9.17) is 0 Å². The number of carbonyl (C=O) groups excluding carboxylic acids is 1. The second-order valence-electron chi connectivity index (χ2n) is 6.43. The first kappa shape index (κ1) is 20.2. The molecule has 0 spiro atoms. The number of aliphatic hydroxyl groups excluding tert-OH is 1. The third kappa shape index (κ3) is 2.84. The molecule has 1 aliphatic rings. The predicted octanol–water partition coefficient (Wildman–Crippen LogP) is 3.15. The average molecular weight is 458 g/mol. The summed E-state index contributed by atoms with van der Waals surface area (Å²) >= 11 is 1.09. The Balaban J connectivity index is 1.98. The van der Waals surface area contributed by atoms with E-state index >= 15 is 0 Å². The smallest absolute Gasteiger partial charge is 0.416 e. The summed E-state index contributed by atoms with van der Waals surface area (Å²) in [6, 6.07) is 2.60. The number of aromatic nitrogens is 2. The van der Waals surface area contributed by atoms with E-state index in [1.807, 2.05) is 0 Å². The quantitative estimate of drug-likeness (QED) is 0.614. The minimum absolute atomic E-state index is 0.00159. The van der Waals surface area contributed by atoms with Gasteiger partial charge in [0, 0.05) is 31.1 Å². The molecule has 0 fully saturated rings. The number of likely N-dealkylation sites (N-methyl/N-ethyl adjacent to an activating group) is 1. The van der Waals surface area contributed by atoms with Gasteiger partial charge in [0.1, 0.15) is 10.6 Å². The van der Waals surface area contributed by atoms with E-state index in [1.165, 1.54) is 13.2 Å². The highest BCUT2D eigenvalue weighted by molar-refractivity contribution is 7.89. The molecule has 1 amide bonds. The molecule has 1 aliphatic heterocycles. The molecule has 158 valence electrons. The van der Waals surface area contributed by atoms with Crippen LogP contribution in [-0.4, -0.2) is 40.3 Å². The number of halogens is 3. The summed E-state index contributed by atoms with van der Waals surface area (Å²) in [5.74, 6) is -1.61. The maximum Gasteiger partial charge on any atom is 0.416 e. The number of hydrogen-bond acceptors (Lipinski definition) is 6. The number of alkyl halides is 3. The lowest BCUT2D eigenvalue weighted by molar-refractivity contribution is -0.137. The van der Waals surface area contributed by atoms with Gasteiger partial charge < -0.3 is 9.67 Å². The van der Waals surface area contributed by atoms with Crippen LogP contribution < -0.4 is 5.32 Å². The number of aliphatic hydroxyl groups is 1. The fraction of sp³-hybridized carbons (Fsp3) is 0.176. The molecule has 0 bridgehead atoms. The van der Waals surface area contributed by atoms with Gasteiger partial charge in [-0.3, -0.25) is 14.4 Å². The number of benzene rings is 1. The van der Waals surface area contributed by atoms with Crippen LogP contribution >= 0.6 is 11.3 Å². The standard InChI is InChI=1S/C17H13F3N4O4S2/c1-23-10-7-8(17(18,19)20)3-4-9(10)14-11(23)13(25)12(24(2)30(14,27)28)15(26)22-16-21-5-6-29-16/h3-7,25H,1-2H3,(H,21,22,26). The lowest BCUT2D eigenvalue weighted by Gasteiger charge is -2.27. The molecule has 3 heterocycles. The number of rotatable bonds is 2. The normalized spacial score (nSPS) is 16.1. The van der Waals surface area contributed by atoms with Crippen molar-refractivity contribution in [2.75, 3.05) is 12.4 Å². The summed E-state index contributed by atoms with van der Waals surface area (Å²) in [5, 5.41) is 14.9. The number of carbonyl (C=O) groups is 1. The summed E-state index contributed by atoms with van der Waals surface area (Å²) in [6.07, 6.45) is -3.21. The third-order valence-electron chi connectivity index (χ3n) is 4.73. The van der Waals surface area contributed by atoms with Gasteiger partial charge >= 0.3 is 6.18 Å². The van der Waals surface area contributed by atoms with Gasteiger partial charge in [-0.15, -0.1) is 11.3 Å². The van der Waals surface area contributed by atoms with E-state index in [9.17, 15) is 31.5 Å². The molecule has 0 radical (unpaired) electrons. The van der Waals surface area contributed by atoms with Crippen molar-refractivity contribution in [2.24, 2.45) is 7.05 Å². The van der Waals surface area contributed by atoms with Crippen molar-refractivity contribution in [3.05, 3.63) is 46.7 Å². The number of nitrogens with zero attached hydrogens (tertiary/aromatic N) is 3.